The van der Waals surface area contributed by atoms with Crippen LogP contribution < -0.4 is 0 Å². The molecule has 6 nitrogen and oxygen atoms in total. The van der Waals surface area contributed by atoms with E-state index in [1.807, 2.05) is 32.7 Å². The highest BCUT2D eigenvalue weighted by Gasteiger charge is 2.28. The van der Waals surface area contributed by atoms with E-state index in [1.54, 1.807) is 4.90 Å². The van der Waals surface area contributed by atoms with Gasteiger partial charge in [-0.2, -0.15) is 0 Å². The number of hydrogen-bond acceptors (Lipinski definition) is 4. The zero-order valence-electron chi connectivity index (χ0n) is 17.3. The van der Waals surface area contributed by atoms with Crippen LogP contribution in [0.25, 0.3) is 0 Å². The van der Waals surface area contributed by atoms with E-state index in [0.717, 1.165) is 38.3 Å². The van der Waals surface area contributed by atoms with Gasteiger partial charge in [-0.25, -0.2) is 4.79 Å². The van der Waals surface area contributed by atoms with Gasteiger partial charge in [0.05, 0.1) is 6.54 Å². The summed E-state index contributed by atoms with van der Waals surface area (Å²) < 4.78 is 5.47. The average molecular weight is 368 g/mol. The lowest BCUT2D eigenvalue weighted by molar-refractivity contribution is -0.133. The first-order valence-corrected chi connectivity index (χ1v) is 10.1. The molecular weight excluding hydrogens is 330 g/mol. The smallest absolute Gasteiger partial charge is 0.410 e. The zero-order valence-corrected chi connectivity index (χ0v) is 17.3. The van der Waals surface area contributed by atoms with Crippen molar-refractivity contribution in [3.63, 3.8) is 0 Å². The van der Waals surface area contributed by atoms with Crippen molar-refractivity contribution >= 4 is 12.0 Å². The molecule has 0 N–H and O–H groups in total. The maximum Gasteiger partial charge on any atom is 0.410 e. The summed E-state index contributed by atoms with van der Waals surface area (Å²) >= 11 is 0. The summed E-state index contributed by atoms with van der Waals surface area (Å²) in [5.41, 5.74) is -0.473. The molecule has 0 spiro atoms. The standard InChI is InChI=1S/C20H37N3O3/c1-16-7-9-17(10-8-16)21(5)18(24)15-22-11-6-12-23(14-13-22)19(25)26-20(2,3)4/h16-17H,6-15H2,1-5H3. The fourth-order valence-electron chi connectivity index (χ4n) is 3.77. The predicted octanol–water partition coefficient (Wildman–Crippen LogP) is 2.97. The van der Waals surface area contributed by atoms with Crippen LogP contribution >= 0.6 is 0 Å². The highest BCUT2D eigenvalue weighted by Crippen LogP contribution is 2.26. The quantitative estimate of drug-likeness (QED) is 0.769. The summed E-state index contributed by atoms with van der Waals surface area (Å²) in [6, 6.07) is 0.393. The van der Waals surface area contributed by atoms with Crippen molar-refractivity contribution < 1.29 is 14.3 Å². The molecule has 2 amide bonds. The first-order chi connectivity index (χ1) is 12.2. The molecule has 0 radical (unpaired) electrons. The van der Waals surface area contributed by atoms with Crippen LogP contribution in [0.4, 0.5) is 4.79 Å². The molecule has 26 heavy (non-hydrogen) atoms. The summed E-state index contributed by atoms with van der Waals surface area (Å²) in [5, 5.41) is 0. The lowest BCUT2D eigenvalue weighted by Crippen LogP contribution is -2.45. The van der Waals surface area contributed by atoms with Gasteiger partial charge >= 0.3 is 6.09 Å². The molecule has 1 heterocycles. The number of carbonyl (C=O) groups is 2. The third-order valence-electron chi connectivity index (χ3n) is 5.53. The van der Waals surface area contributed by atoms with E-state index in [0.29, 0.717) is 25.7 Å². The summed E-state index contributed by atoms with van der Waals surface area (Å²) in [4.78, 5) is 30.8. The molecule has 1 aliphatic carbocycles. The molecule has 150 valence electrons. The molecule has 6 heteroatoms. The normalized spacial score (nSPS) is 25.5. The van der Waals surface area contributed by atoms with Crippen LogP contribution in [0.3, 0.4) is 0 Å². The molecule has 0 atom stereocenters. The Morgan fingerprint density at radius 3 is 2.31 bits per heavy atom. The molecule has 0 bridgehead atoms. The van der Waals surface area contributed by atoms with Gasteiger partial charge in [0.2, 0.25) is 5.91 Å². The minimum atomic E-state index is -0.473. The molecule has 2 fully saturated rings. The van der Waals surface area contributed by atoms with Gasteiger partial charge < -0.3 is 14.5 Å². The first-order valence-electron chi connectivity index (χ1n) is 10.1. The molecule has 1 saturated heterocycles. The van der Waals surface area contributed by atoms with E-state index in [-0.39, 0.29) is 12.0 Å². The van der Waals surface area contributed by atoms with E-state index in [9.17, 15) is 9.59 Å². The Kier molecular flexibility index (Phi) is 7.33. The van der Waals surface area contributed by atoms with Gasteiger partial charge in [-0.3, -0.25) is 9.69 Å². The van der Waals surface area contributed by atoms with E-state index in [2.05, 4.69) is 11.8 Å². The van der Waals surface area contributed by atoms with Crippen LogP contribution in [0, 0.1) is 5.92 Å². The highest BCUT2D eigenvalue weighted by molar-refractivity contribution is 5.78. The highest BCUT2D eigenvalue weighted by atomic mass is 16.6. The minimum Gasteiger partial charge on any atom is -0.444 e. The van der Waals surface area contributed by atoms with Gasteiger partial charge in [0.15, 0.2) is 0 Å². The number of carbonyl (C=O) groups excluding carboxylic acids is 2. The average Bonchev–Trinajstić information content (AvgIpc) is 2.79. The fraction of sp³-hybridized carbons (Fsp3) is 0.900. The molecular formula is C20H37N3O3. The summed E-state index contributed by atoms with van der Waals surface area (Å²) in [5.74, 6) is 0.995. The molecule has 0 unspecified atom stereocenters. The maximum atomic E-state index is 12.7. The first kappa shape index (κ1) is 21.0. The Bertz CT molecular complexity index is 481. The monoisotopic (exact) mass is 367 g/mol. The Labute approximate surface area is 158 Å². The molecule has 0 aromatic rings. The lowest BCUT2D eigenvalue weighted by atomic mass is 9.87. The Balaban J connectivity index is 1.79. The van der Waals surface area contributed by atoms with Crippen molar-refractivity contribution in [2.45, 2.75) is 71.4 Å². The van der Waals surface area contributed by atoms with Crippen LogP contribution in [0.1, 0.15) is 59.8 Å². The summed E-state index contributed by atoms with van der Waals surface area (Å²) in [6.07, 6.45) is 5.30. The van der Waals surface area contributed by atoms with Gasteiger partial charge in [0, 0.05) is 39.3 Å². The second-order valence-electron chi connectivity index (χ2n) is 9.02. The van der Waals surface area contributed by atoms with E-state index in [4.69, 9.17) is 4.74 Å². The van der Waals surface area contributed by atoms with Crippen LogP contribution in [0.2, 0.25) is 0 Å². The number of amides is 2. The third kappa shape index (κ3) is 6.45. The number of likely N-dealkylation sites (N-methyl/N-ethyl adjacent to an activating group) is 1. The van der Waals surface area contributed by atoms with Gasteiger partial charge in [0.25, 0.3) is 0 Å². The molecule has 0 aromatic carbocycles. The lowest BCUT2D eigenvalue weighted by Gasteiger charge is -2.34. The number of hydrogen-bond donors (Lipinski definition) is 0. The molecule has 1 aliphatic heterocycles. The number of rotatable bonds is 3. The second-order valence-corrected chi connectivity index (χ2v) is 9.02. The number of nitrogens with zero attached hydrogens (tertiary/aromatic N) is 3. The van der Waals surface area contributed by atoms with Crippen molar-refractivity contribution in [1.82, 2.24) is 14.7 Å². The van der Waals surface area contributed by atoms with Crippen molar-refractivity contribution in [1.29, 1.82) is 0 Å². The Morgan fingerprint density at radius 1 is 1.04 bits per heavy atom. The fourth-order valence-corrected chi connectivity index (χ4v) is 3.77. The predicted molar refractivity (Wildman–Crippen MR) is 103 cm³/mol. The number of ether oxygens (including phenoxy) is 1. The largest absolute Gasteiger partial charge is 0.444 e. The van der Waals surface area contributed by atoms with Gasteiger partial charge in [-0.15, -0.1) is 0 Å². The Hall–Kier alpha value is -1.30. The molecule has 0 aromatic heterocycles. The zero-order chi connectivity index (χ0) is 19.3. The second kappa shape index (κ2) is 9.07. The summed E-state index contributed by atoms with van der Waals surface area (Å²) in [6.45, 7) is 11.3. The van der Waals surface area contributed by atoms with Crippen LogP contribution in [-0.4, -0.2) is 78.1 Å². The molecule has 2 rings (SSSR count). The van der Waals surface area contributed by atoms with Crippen molar-refractivity contribution in [3.8, 4) is 0 Å². The van der Waals surface area contributed by atoms with E-state index < -0.39 is 5.60 Å². The molecule has 2 aliphatic rings. The van der Waals surface area contributed by atoms with E-state index in [1.165, 1.54) is 12.8 Å². The van der Waals surface area contributed by atoms with Crippen molar-refractivity contribution in [2.24, 2.45) is 5.92 Å². The summed E-state index contributed by atoms with van der Waals surface area (Å²) in [7, 11) is 1.95. The minimum absolute atomic E-state index is 0.204. The Morgan fingerprint density at radius 2 is 1.69 bits per heavy atom. The topological polar surface area (TPSA) is 53.1 Å². The van der Waals surface area contributed by atoms with Crippen LogP contribution in [-0.2, 0) is 9.53 Å². The van der Waals surface area contributed by atoms with Gasteiger partial charge in [-0.1, -0.05) is 6.92 Å². The van der Waals surface area contributed by atoms with Crippen molar-refractivity contribution in [2.75, 3.05) is 39.8 Å². The van der Waals surface area contributed by atoms with Gasteiger partial charge in [0.1, 0.15) is 5.60 Å². The van der Waals surface area contributed by atoms with E-state index >= 15 is 0 Å². The maximum absolute atomic E-state index is 12.7. The van der Waals surface area contributed by atoms with Crippen molar-refractivity contribution in [3.05, 3.63) is 0 Å². The van der Waals surface area contributed by atoms with Crippen LogP contribution in [0.15, 0.2) is 0 Å². The third-order valence-corrected chi connectivity index (χ3v) is 5.53. The van der Waals surface area contributed by atoms with Crippen LogP contribution in [0.5, 0.6) is 0 Å². The van der Waals surface area contributed by atoms with Gasteiger partial charge in [-0.05, 0) is 58.8 Å². The molecule has 1 saturated carbocycles. The SMILES string of the molecule is CC1CCC(N(C)C(=O)CN2CCCN(C(=O)OC(C)(C)C)CC2)CC1.